The predicted molar refractivity (Wildman–Crippen MR) is 92.0 cm³/mol. The van der Waals surface area contributed by atoms with Crippen LogP contribution in [0.4, 0.5) is 0 Å². The fraction of sp³-hybridized carbons (Fsp3) is 0.562. The fourth-order valence-electron chi connectivity index (χ4n) is 2.51. The molecule has 0 unspecified atom stereocenters. The standard InChI is InChI=1S/C16H27N3O3S/c1-12-9-13(2)16(14(3)10-12)23(21,22)18-11-15(20)17-7-6-8-19(4)5/h9-10,18H,6-8,11H2,1-5H3,(H,17,20). The number of benzene rings is 1. The zero-order valence-corrected chi connectivity index (χ0v) is 15.4. The van der Waals surface area contributed by atoms with Gasteiger partial charge in [0.05, 0.1) is 11.4 Å². The van der Waals surface area contributed by atoms with Crippen molar-refractivity contribution in [3.05, 3.63) is 28.8 Å². The van der Waals surface area contributed by atoms with Crippen LogP contribution in [0.5, 0.6) is 0 Å². The number of nitrogens with zero attached hydrogens (tertiary/aromatic N) is 1. The molecule has 0 aliphatic rings. The number of carbonyl (C=O) groups is 1. The molecule has 6 nitrogen and oxygen atoms in total. The number of rotatable bonds is 8. The molecule has 0 saturated heterocycles. The summed E-state index contributed by atoms with van der Waals surface area (Å²) in [5.41, 5.74) is 2.38. The van der Waals surface area contributed by atoms with Crippen LogP contribution in [-0.4, -0.2) is 53.0 Å². The lowest BCUT2D eigenvalue weighted by Gasteiger charge is -2.13. The van der Waals surface area contributed by atoms with Crippen molar-refractivity contribution < 1.29 is 13.2 Å². The smallest absolute Gasteiger partial charge is 0.241 e. The molecular formula is C16H27N3O3S. The summed E-state index contributed by atoms with van der Waals surface area (Å²) in [5, 5.41) is 2.71. The van der Waals surface area contributed by atoms with Gasteiger partial charge in [-0.25, -0.2) is 13.1 Å². The maximum Gasteiger partial charge on any atom is 0.241 e. The quantitative estimate of drug-likeness (QED) is 0.690. The average Bonchev–Trinajstić information content (AvgIpc) is 2.39. The zero-order chi connectivity index (χ0) is 17.6. The van der Waals surface area contributed by atoms with Crippen molar-refractivity contribution in [3.8, 4) is 0 Å². The van der Waals surface area contributed by atoms with E-state index in [1.54, 1.807) is 13.8 Å². The number of carbonyl (C=O) groups excluding carboxylic acids is 1. The first-order valence-corrected chi connectivity index (χ1v) is 9.10. The minimum atomic E-state index is -3.70. The Kier molecular flexibility index (Phi) is 7.18. The third kappa shape index (κ3) is 6.29. The molecule has 1 aromatic carbocycles. The summed E-state index contributed by atoms with van der Waals surface area (Å²) >= 11 is 0. The topological polar surface area (TPSA) is 78.5 Å². The lowest BCUT2D eigenvalue weighted by Crippen LogP contribution is -2.38. The number of hydrogen-bond acceptors (Lipinski definition) is 4. The summed E-state index contributed by atoms with van der Waals surface area (Å²) in [4.78, 5) is 14.0. The maximum absolute atomic E-state index is 12.4. The molecule has 0 saturated carbocycles. The minimum absolute atomic E-state index is 0.253. The molecule has 130 valence electrons. The molecule has 0 spiro atoms. The van der Waals surface area contributed by atoms with Gasteiger partial charge >= 0.3 is 0 Å². The monoisotopic (exact) mass is 341 g/mol. The van der Waals surface area contributed by atoms with Crippen molar-refractivity contribution in [2.45, 2.75) is 32.1 Å². The molecule has 0 aliphatic carbocycles. The molecule has 0 heterocycles. The van der Waals surface area contributed by atoms with E-state index in [9.17, 15) is 13.2 Å². The highest BCUT2D eigenvalue weighted by atomic mass is 32.2. The van der Waals surface area contributed by atoms with Gasteiger partial charge in [-0.15, -0.1) is 0 Å². The van der Waals surface area contributed by atoms with Crippen LogP contribution >= 0.6 is 0 Å². The molecule has 0 aliphatic heterocycles. The van der Waals surface area contributed by atoms with E-state index in [0.717, 1.165) is 18.5 Å². The normalized spacial score (nSPS) is 11.7. The van der Waals surface area contributed by atoms with Crippen LogP contribution < -0.4 is 10.0 Å². The summed E-state index contributed by atoms with van der Waals surface area (Å²) in [6.07, 6.45) is 0.821. The van der Waals surface area contributed by atoms with Crippen molar-refractivity contribution in [2.75, 3.05) is 33.7 Å². The Hall–Kier alpha value is -1.44. The Bertz CT molecular complexity index is 632. The van der Waals surface area contributed by atoms with E-state index >= 15 is 0 Å². The van der Waals surface area contributed by atoms with Crippen molar-refractivity contribution in [2.24, 2.45) is 0 Å². The van der Waals surface area contributed by atoms with Crippen LogP contribution in [0.3, 0.4) is 0 Å². The van der Waals surface area contributed by atoms with E-state index in [-0.39, 0.29) is 17.3 Å². The predicted octanol–water partition coefficient (Wildman–Crippen LogP) is 0.958. The first-order chi connectivity index (χ1) is 10.6. The first-order valence-electron chi connectivity index (χ1n) is 7.62. The first kappa shape index (κ1) is 19.6. The molecular weight excluding hydrogens is 314 g/mol. The van der Waals surface area contributed by atoms with Crippen molar-refractivity contribution in [1.82, 2.24) is 14.9 Å². The highest BCUT2D eigenvalue weighted by molar-refractivity contribution is 7.89. The lowest BCUT2D eigenvalue weighted by molar-refractivity contribution is -0.119. The molecule has 2 N–H and O–H groups in total. The van der Waals surface area contributed by atoms with E-state index in [1.807, 2.05) is 38.1 Å². The van der Waals surface area contributed by atoms with E-state index in [4.69, 9.17) is 0 Å². The summed E-state index contributed by atoms with van der Waals surface area (Å²) in [5.74, 6) is -0.324. The maximum atomic E-state index is 12.4. The van der Waals surface area contributed by atoms with Gasteiger partial charge in [-0.2, -0.15) is 0 Å². The highest BCUT2D eigenvalue weighted by Gasteiger charge is 2.20. The van der Waals surface area contributed by atoms with Gasteiger partial charge < -0.3 is 10.2 Å². The minimum Gasteiger partial charge on any atom is -0.355 e. The third-order valence-electron chi connectivity index (χ3n) is 3.40. The van der Waals surface area contributed by atoms with Gasteiger partial charge in [0.25, 0.3) is 0 Å². The van der Waals surface area contributed by atoms with Crippen LogP contribution in [0.2, 0.25) is 0 Å². The fourth-order valence-corrected chi connectivity index (χ4v) is 3.94. The molecule has 0 atom stereocenters. The van der Waals surface area contributed by atoms with Crippen LogP contribution in [0, 0.1) is 20.8 Å². The van der Waals surface area contributed by atoms with Gasteiger partial charge in [-0.3, -0.25) is 4.79 Å². The van der Waals surface area contributed by atoms with Gasteiger partial charge in [0.1, 0.15) is 0 Å². The van der Waals surface area contributed by atoms with Gasteiger partial charge in [-0.1, -0.05) is 17.7 Å². The second kappa shape index (κ2) is 8.42. The Morgan fingerprint density at radius 3 is 2.22 bits per heavy atom. The average molecular weight is 341 g/mol. The number of aryl methyl sites for hydroxylation is 3. The molecule has 0 aromatic heterocycles. The number of nitrogens with one attached hydrogen (secondary N) is 2. The molecule has 1 aromatic rings. The third-order valence-corrected chi connectivity index (χ3v) is 5.11. The highest BCUT2D eigenvalue weighted by Crippen LogP contribution is 2.21. The van der Waals surface area contributed by atoms with E-state index < -0.39 is 10.0 Å². The molecule has 1 rings (SSSR count). The van der Waals surface area contributed by atoms with E-state index in [2.05, 4.69) is 10.0 Å². The van der Waals surface area contributed by atoms with Crippen LogP contribution in [0.25, 0.3) is 0 Å². The molecule has 1 amide bonds. The van der Waals surface area contributed by atoms with E-state index in [1.165, 1.54) is 0 Å². The second-order valence-electron chi connectivity index (χ2n) is 6.06. The molecule has 7 heteroatoms. The van der Waals surface area contributed by atoms with Gasteiger partial charge in [0.2, 0.25) is 15.9 Å². The van der Waals surface area contributed by atoms with Crippen LogP contribution in [-0.2, 0) is 14.8 Å². The van der Waals surface area contributed by atoms with Gasteiger partial charge in [0, 0.05) is 6.54 Å². The van der Waals surface area contributed by atoms with Crippen LogP contribution in [0.15, 0.2) is 17.0 Å². The van der Waals surface area contributed by atoms with E-state index in [0.29, 0.717) is 17.7 Å². The van der Waals surface area contributed by atoms with Crippen molar-refractivity contribution in [1.29, 1.82) is 0 Å². The Balaban J connectivity index is 2.61. The molecule has 0 fully saturated rings. The van der Waals surface area contributed by atoms with Gasteiger partial charge in [0.15, 0.2) is 0 Å². The Labute approximate surface area is 139 Å². The molecule has 0 bridgehead atoms. The Morgan fingerprint density at radius 1 is 1.13 bits per heavy atom. The molecule has 23 heavy (non-hydrogen) atoms. The SMILES string of the molecule is Cc1cc(C)c(S(=O)(=O)NCC(=O)NCCCN(C)C)c(C)c1. The number of sulfonamides is 1. The van der Waals surface area contributed by atoms with Crippen molar-refractivity contribution >= 4 is 15.9 Å². The van der Waals surface area contributed by atoms with Crippen molar-refractivity contribution in [3.63, 3.8) is 0 Å². The summed E-state index contributed by atoms with van der Waals surface area (Å²) in [7, 11) is 0.224. The molecule has 0 radical (unpaired) electrons. The van der Waals surface area contributed by atoms with Gasteiger partial charge in [-0.05, 0) is 59.0 Å². The number of amides is 1. The summed E-state index contributed by atoms with van der Waals surface area (Å²) in [6.45, 7) is 6.59. The second-order valence-corrected chi connectivity index (χ2v) is 7.76. The number of hydrogen-bond donors (Lipinski definition) is 2. The Morgan fingerprint density at radius 2 is 1.70 bits per heavy atom. The lowest BCUT2D eigenvalue weighted by atomic mass is 10.1. The largest absolute Gasteiger partial charge is 0.355 e. The summed E-state index contributed by atoms with van der Waals surface area (Å²) < 4.78 is 27.2. The zero-order valence-electron chi connectivity index (χ0n) is 14.6. The summed E-state index contributed by atoms with van der Waals surface area (Å²) in [6, 6.07) is 3.64. The van der Waals surface area contributed by atoms with Crippen LogP contribution in [0.1, 0.15) is 23.1 Å².